The zero-order chi connectivity index (χ0) is 34.7. The van der Waals surface area contributed by atoms with E-state index >= 15 is 0 Å². The van der Waals surface area contributed by atoms with Gasteiger partial charge >= 0.3 is 11.9 Å². The molecule has 0 aromatic heterocycles. The van der Waals surface area contributed by atoms with Gasteiger partial charge < -0.3 is 24.8 Å². The van der Waals surface area contributed by atoms with Crippen molar-refractivity contribution in [2.45, 2.75) is 90.9 Å². The fraction of sp³-hybridized carbons (Fsp3) is 0.471. The number of esters is 2. The average molecular weight is 653 g/mol. The van der Waals surface area contributed by atoms with Crippen LogP contribution in [0.2, 0.25) is 0 Å². The highest BCUT2D eigenvalue weighted by Crippen LogP contribution is 2.26. The Morgan fingerprint density at radius 1 is 0.830 bits per heavy atom. The third-order valence-electron chi connectivity index (χ3n) is 6.91. The first-order valence-electron chi connectivity index (χ1n) is 15.5. The molecule has 0 bridgehead atoms. The fourth-order valence-electron chi connectivity index (χ4n) is 4.40. The fourth-order valence-corrected chi connectivity index (χ4v) is 4.40. The number of nitrogens with one attached hydrogen (secondary N) is 3. The zero-order valence-electron chi connectivity index (χ0n) is 27.6. The van der Waals surface area contributed by atoms with Crippen LogP contribution in [0.3, 0.4) is 0 Å². The topological polar surface area (TPSA) is 173 Å². The lowest BCUT2D eigenvalue weighted by atomic mass is 10.0. The van der Waals surface area contributed by atoms with Gasteiger partial charge in [0.15, 0.2) is 12.2 Å². The lowest BCUT2D eigenvalue weighted by Crippen LogP contribution is -2.58. The molecule has 0 radical (unpaired) electrons. The zero-order valence-corrected chi connectivity index (χ0v) is 27.6. The van der Waals surface area contributed by atoms with E-state index in [1.807, 2.05) is 36.4 Å². The van der Waals surface area contributed by atoms with Crippen molar-refractivity contribution in [2.75, 3.05) is 6.54 Å². The number of amides is 4. The van der Waals surface area contributed by atoms with Crippen LogP contribution in [0.4, 0.5) is 0 Å². The smallest absolute Gasteiger partial charge is 0.338 e. The molecule has 47 heavy (non-hydrogen) atoms. The van der Waals surface area contributed by atoms with Gasteiger partial charge in [-0.15, -0.1) is 0 Å². The van der Waals surface area contributed by atoms with Gasteiger partial charge in [0.25, 0.3) is 11.8 Å². The molecular weight excluding hydrogens is 608 g/mol. The molecule has 1 saturated heterocycles. The van der Waals surface area contributed by atoms with Gasteiger partial charge in [0.1, 0.15) is 30.8 Å². The average Bonchev–Trinajstić information content (AvgIpc) is 3.82. The Morgan fingerprint density at radius 2 is 1.43 bits per heavy atom. The number of aryl methyl sites for hydroxylation is 1. The maximum absolute atomic E-state index is 13.3. The molecule has 2 aromatic rings. The van der Waals surface area contributed by atoms with Crippen LogP contribution in [0.15, 0.2) is 60.7 Å². The normalized spacial score (nSPS) is 16.7. The largest absolute Gasteiger partial charge is 0.459 e. The van der Waals surface area contributed by atoms with Gasteiger partial charge in [0, 0.05) is 6.42 Å². The van der Waals surface area contributed by atoms with Crippen LogP contribution in [0.25, 0.3) is 0 Å². The van der Waals surface area contributed by atoms with Crippen molar-refractivity contribution in [3.8, 4) is 0 Å². The van der Waals surface area contributed by atoms with E-state index in [-0.39, 0.29) is 24.9 Å². The van der Waals surface area contributed by atoms with E-state index in [1.165, 1.54) is 6.92 Å². The second kappa shape index (κ2) is 16.7. The highest BCUT2D eigenvalue weighted by Gasteiger charge is 2.54. The Balaban J connectivity index is 1.60. The summed E-state index contributed by atoms with van der Waals surface area (Å²) in [7, 11) is 0. The molecule has 0 unspecified atom stereocenters. The summed E-state index contributed by atoms with van der Waals surface area (Å²) in [5.41, 5.74) is 3.18. The summed E-state index contributed by atoms with van der Waals surface area (Å²) in [4.78, 5) is 77.4. The van der Waals surface area contributed by atoms with E-state index in [2.05, 4.69) is 16.1 Å². The highest BCUT2D eigenvalue weighted by atomic mass is 16.6. The first kappa shape index (κ1) is 36.7. The molecule has 0 spiro atoms. The van der Waals surface area contributed by atoms with Crippen molar-refractivity contribution < 1.29 is 43.0 Å². The number of carbonyl (C=O) groups excluding carboxylic acids is 6. The quantitative estimate of drug-likeness (QED) is 0.157. The molecule has 13 heteroatoms. The van der Waals surface area contributed by atoms with Crippen molar-refractivity contribution in [3.63, 3.8) is 0 Å². The molecule has 0 saturated carbocycles. The van der Waals surface area contributed by atoms with Crippen LogP contribution in [0, 0.1) is 5.92 Å². The first-order valence-corrected chi connectivity index (χ1v) is 15.5. The van der Waals surface area contributed by atoms with Crippen LogP contribution in [-0.4, -0.2) is 77.0 Å². The van der Waals surface area contributed by atoms with Gasteiger partial charge in [0.2, 0.25) is 11.8 Å². The number of rotatable bonds is 14. The molecule has 1 fully saturated rings. The van der Waals surface area contributed by atoms with Crippen molar-refractivity contribution in [1.82, 2.24) is 21.1 Å². The van der Waals surface area contributed by atoms with E-state index < -0.39 is 66.1 Å². The van der Waals surface area contributed by atoms with Gasteiger partial charge in [0.05, 0.1) is 0 Å². The molecule has 4 atom stereocenters. The lowest BCUT2D eigenvalue weighted by Gasteiger charge is -2.27. The Kier molecular flexibility index (Phi) is 13.0. The van der Waals surface area contributed by atoms with Crippen LogP contribution >= 0.6 is 0 Å². The standard InChI is InChI=1S/C34H44N4O9/c1-21(2)27(36-25(39)18-17-23-13-9-7-10-14-23)31(42)35-22(3)30(41)37-38(19-26(40)47-34(4,5)6)32(43)28-29(46-28)33(44)45-20-24-15-11-8-12-16-24/h7-16,21-22,27-29H,17-20H2,1-6H3,(H,35,42)(H,36,39)(H,37,41)/t22-,27-,28+,29+/m0/s1. The molecule has 1 aliphatic rings. The number of carbonyl (C=O) groups is 6. The Morgan fingerprint density at radius 3 is 2.00 bits per heavy atom. The van der Waals surface area contributed by atoms with Crippen LogP contribution < -0.4 is 16.1 Å². The third kappa shape index (κ3) is 12.2. The van der Waals surface area contributed by atoms with E-state index in [0.717, 1.165) is 11.1 Å². The number of ether oxygens (including phenoxy) is 3. The minimum Gasteiger partial charge on any atom is -0.459 e. The highest BCUT2D eigenvalue weighted by molar-refractivity contribution is 5.96. The van der Waals surface area contributed by atoms with Crippen molar-refractivity contribution in [2.24, 2.45) is 5.92 Å². The van der Waals surface area contributed by atoms with Gasteiger partial charge in [-0.2, -0.15) is 0 Å². The second-order valence-electron chi connectivity index (χ2n) is 12.6. The summed E-state index contributed by atoms with van der Waals surface area (Å²) in [5, 5.41) is 5.98. The minimum absolute atomic E-state index is 0.0269. The Labute approximate surface area is 274 Å². The van der Waals surface area contributed by atoms with Crippen molar-refractivity contribution in [3.05, 3.63) is 71.8 Å². The number of epoxide rings is 1. The Bertz CT molecular complexity index is 1410. The van der Waals surface area contributed by atoms with E-state index in [0.29, 0.717) is 11.4 Å². The van der Waals surface area contributed by atoms with E-state index in [4.69, 9.17) is 14.2 Å². The summed E-state index contributed by atoms with van der Waals surface area (Å²) in [6.07, 6.45) is -1.86. The molecule has 0 aliphatic carbocycles. The number of benzene rings is 2. The molecule has 254 valence electrons. The van der Waals surface area contributed by atoms with Gasteiger partial charge in [-0.3, -0.25) is 29.4 Å². The number of hydrogen-bond donors (Lipinski definition) is 3. The van der Waals surface area contributed by atoms with Crippen LogP contribution in [0.1, 0.15) is 59.1 Å². The van der Waals surface area contributed by atoms with E-state index in [1.54, 1.807) is 58.9 Å². The lowest BCUT2D eigenvalue weighted by molar-refractivity contribution is -0.162. The summed E-state index contributed by atoms with van der Waals surface area (Å²) >= 11 is 0. The van der Waals surface area contributed by atoms with Gasteiger partial charge in [-0.1, -0.05) is 74.5 Å². The summed E-state index contributed by atoms with van der Waals surface area (Å²) in [6, 6.07) is 16.3. The molecule has 2 aromatic carbocycles. The summed E-state index contributed by atoms with van der Waals surface area (Å²) in [5.74, 6) is -4.55. The predicted molar refractivity (Wildman–Crippen MR) is 170 cm³/mol. The van der Waals surface area contributed by atoms with Crippen molar-refractivity contribution >= 4 is 35.6 Å². The Hall–Kier alpha value is -4.78. The van der Waals surface area contributed by atoms with E-state index in [9.17, 15) is 28.8 Å². The number of hydrazine groups is 1. The number of hydrogen-bond acceptors (Lipinski definition) is 9. The van der Waals surface area contributed by atoms with Crippen molar-refractivity contribution in [1.29, 1.82) is 0 Å². The molecule has 3 N–H and O–H groups in total. The monoisotopic (exact) mass is 652 g/mol. The molecule has 1 heterocycles. The maximum Gasteiger partial charge on any atom is 0.338 e. The number of nitrogens with zero attached hydrogens (tertiary/aromatic N) is 1. The predicted octanol–water partition coefficient (Wildman–Crippen LogP) is 1.98. The van der Waals surface area contributed by atoms with Crippen LogP contribution in [-0.2, 0) is 56.0 Å². The first-order chi connectivity index (χ1) is 22.1. The van der Waals surface area contributed by atoms with Gasteiger partial charge in [-0.05, 0) is 51.2 Å². The van der Waals surface area contributed by atoms with Gasteiger partial charge in [-0.25, -0.2) is 9.80 Å². The molecular formula is C34H44N4O9. The second-order valence-corrected chi connectivity index (χ2v) is 12.6. The molecule has 4 amide bonds. The molecule has 1 aliphatic heterocycles. The molecule has 3 rings (SSSR count). The SMILES string of the molecule is CC(C)[C@H](NC(=O)CCc1ccccc1)C(=O)N[C@@H](C)C(=O)NN(CC(=O)OC(C)(C)C)C(=O)[C@@H]1O[C@H]1C(=O)OCc1ccccc1. The van der Waals surface area contributed by atoms with Crippen LogP contribution in [0.5, 0.6) is 0 Å². The molecule has 13 nitrogen and oxygen atoms in total. The summed E-state index contributed by atoms with van der Waals surface area (Å²) < 4.78 is 15.8. The summed E-state index contributed by atoms with van der Waals surface area (Å²) in [6.45, 7) is 9.09. The minimum atomic E-state index is -1.30. The maximum atomic E-state index is 13.3. The third-order valence-corrected chi connectivity index (χ3v) is 6.91.